The first-order chi connectivity index (χ1) is 10.1. The second-order valence-corrected chi connectivity index (χ2v) is 6.44. The van der Waals surface area contributed by atoms with E-state index in [0.29, 0.717) is 6.42 Å². The summed E-state index contributed by atoms with van der Waals surface area (Å²) in [5, 5.41) is 7.42. The minimum absolute atomic E-state index is 0. The van der Waals surface area contributed by atoms with E-state index < -0.39 is 0 Å². The number of aryl methyl sites for hydroxylation is 2. The number of fused-ring (bicyclic) bond motifs is 1. The molecule has 0 aliphatic carbocycles. The van der Waals surface area contributed by atoms with Crippen LogP contribution in [0.25, 0.3) is 0 Å². The predicted octanol–water partition coefficient (Wildman–Crippen LogP) is 2.10. The summed E-state index contributed by atoms with van der Waals surface area (Å²) in [6.45, 7) is 7.96. The van der Waals surface area contributed by atoms with E-state index in [4.69, 9.17) is 4.52 Å². The highest BCUT2D eigenvalue weighted by Gasteiger charge is 2.31. The topological polar surface area (TPSA) is 58.4 Å². The van der Waals surface area contributed by atoms with Gasteiger partial charge in [0.1, 0.15) is 5.76 Å². The zero-order valence-electron chi connectivity index (χ0n) is 13.4. The van der Waals surface area contributed by atoms with Gasteiger partial charge in [-0.2, -0.15) is 0 Å². The summed E-state index contributed by atoms with van der Waals surface area (Å²) in [6.07, 6.45) is 3.60. The van der Waals surface area contributed by atoms with Gasteiger partial charge in [0.15, 0.2) is 0 Å². The molecule has 1 amide bonds. The number of nitrogens with zero attached hydrogens (tertiary/aromatic N) is 2. The highest BCUT2D eigenvalue weighted by molar-refractivity contribution is 5.85. The molecule has 22 heavy (non-hydrogen) atoms. The lowest BCUT2D eigenvalue weighted by atomic mass is 9.92. The van der Waals surface area contributed by atoms with E-state index in [2.05, 4.69) is 15.4 Å². The van der Waals surface area contributed by atoms with E-state index in [9.17, 15) is 4.79 Å². The molecule has 0 aromatic carbocycles. The van der Waals surface area contributed by atoms with Crippen molar-refractivity contribution in [3.05, 3.63) is 17.0 Å². The number of carbonyl (C=O) groups excluding carboxylic acids is 1. The van der Waals surface area contributed by atoms with Gasteiger partial charge < -0.3 is 14.7 Å². The smallest absolute Gasteiger partial charge is 0.222 e. The number of halogens is 1. The van der Waals surface area contributed by atoms with Crippen molar-refractivity contribution in [1.82, 2.24) is 15.4 Å². The summed E-state index contributed by atoms with van der Waals surface area (Å²) in [5.41, 5.74) is 2.01. The highest BCUT2D eigenvalue weighted by atomic mass is 35.5. The summed E-state index contributed by atoms with van der Waals surface area (Å²) < 4.78 is 5.16. The molecule has 2 aliphatic heterocycles. The summed E-state index contributed by atoms with van der Waals surface area (Å²) in [4.78, 5) is 14.5. The SMILES string of the molecule is Cc1noc(C)c1CCC(=O)N1CC[C@@H]2CNC[C@@H]2CC1.Cl. The minimum atomic E-state index is 0. The van der Waals surface area contributed by atoms with Gasteiger partial charge in [0.2, 0.25) is 5.91 Å². The number of nitrogens with one attached hydrogen (secondary N) is 1. The van der Waals surface area contributed by atoms with E-state index >= 15 is 0 Å². The van der Waals surface area contributed by atoms with Crippen molar-refractivity contribution in [2.75, 3.05) is 26.2 Å². The number of hydrogen-bond acceptors (Lipinski definition) is 4. The van der Waals surface area contributed by atoms with Crippen LogP contribution in [-0.2, 0) is 11.2 Å². The largest absolute Gasteiger partial charge is 0.361 e. The van der Waals surface area contributed by atoms with Gasteiger partial charge in [-0.25, -0.2) is 0 Å². The van der Waals surface area contributed by atoms with Crippen LogP contribution in [0.3, 0.4) is 0 Å². The first-order valence-electron chi connectivity index (χ1n) is 8.05. The molecule has 0 bridgehead atoms. The van der Waals surface area contributed by atoms with Gasteiger partial charge >= 0.3 is 0 Å². The van der Waals surface area contributed by atoms with Crippen molar-refractivity contribution >= 4 is 18.3 Å². The van der Waals surface area contributed by atoms with Gasteiger partial charge in [0.25, 0.3) is 0 Å². The molecule has 5 nitrogen and oxygen atoms in total. The molecule has 6 heteroatoms. The first-order valence-corrected chi connectivity index (χ1v) is 8.05. The molecule has 1 aromatic rings. The van der Waals surface area contributed by atoms with Gasteiger partial charge in [-0.15, -0.1) is 12.4 Å². The van der Waals surface area contributed by atoms with Crippen molar-refractivity contribution in [3.63, 3.8) is 0 Å². The lowest BCUT2D eigenvalue weighted by Gasteiger charge is -2.21. The molecule has 124 valence electrons. The molecule has 3 heterocycles. The molecule has 2 atom stereocenters. The molecule has 0 spiro atoms. The maximum atomic E-state index is 12.4. The number of likely N-dealkylation sites (tertiary alicyclic amines) is 1. The lowest BCUT2D eigenvalue weighted by molar-refractivity contribution is -0.131. The number of amides is 1. The fourth-order valence-electron chi connectivity index (χ4n) is 3.72. The van der Waals surface area contributed by atoms with Gasteiger partial charge in [-0.1, -0.05) is 5.16 Å². The fraction of sp³-hybridized carbons (Fsp3) is 0.750. The summed E-state index contributed by atoms with van der Waals surface area (Å²) in [5.74, 6) is 2.66. The van der Waals surface area contributed by atoms with Crippen LogP contribution in [0, 0.1) is 25.7 Å². The molecule has 3 rings (SSSR count). The van der Waals surface area contributed by atoms with Gasteiger partial charge in [0, 0.05) is 25.1 Å². The molecule has 0 saturated carbocycles. The van der Waals surface area contributed by atoms with Crippen LogP contribution in [0.5, 0.6) is 0 Å². The van der Waals surface area contributed by atoms with Crippen LogP contribution in [0.1, 0.15) is 36.3 Å². The maximum Gasteiger partial charge on any atom is 0.222 e. The Morgan fingerprint density at radius 3 is 2.45 bits per heavy atom. The van der Waals surface area contributed by atoms with Crippen molar-refractivity contribution in [3.8, 4) is 0 Å². The average Bonchev–Trinajstić information content (AvgIpc) is 2.98. The van der Waals surface area contributed by atoms with Crippen LogP contribution in [0.2, 0.25) is 0 Å². The molecule has 0 radical (unpaired) electrons. The third-order valence-electron chi connectivity index (χ3n) is 5.14. The molecule has 0 unspecified atom stereocenters. The lowest BCUT2D eigenvalue weighted by Crippen LogP contribution is -2.32. The Morgan fingerprint density at radius 2 is 1.91 bits per heavy atom. The standard InChI is InChI=1S/C16H25N3O2.ClH/c1-11-15(12(2)21-18-11)3-4-16(20)19-7-5-13-9-17-10-14(13)6-8-19;/h13-14,17H,3-10H2,1-2H3;1H/t13-,14+;. The molecule has 2 aliphatic rings. The fourth-order valence-corrected chi connectivity index (χ4v) is 3.72. The Balaban J connectivity index is 0.00000176. The number of hydrogen-bond donors (Lipinski definition) is 1. The van der Waals surface area contributed by atoms with Crippen molar-refractivity contribution in [2.24, 2.45) is 11.8 Å². The van der Waals surface area contributed by atoms with Gasteiger partial charge in [-0.05, 0) is 58.0 Å². The van der Waals surface area contributed by atoms with Crippen LogP contribution in [0.15, 0.2) is 4.52 Å². The van der Waals surface area contributed by atoms with Crippen LogP contribution in [0.4, 0.5) is 0 Å². The number of aromatic nitrogens is 1. The highest BCUT2D eigenvalue weighted by Crippen LogP contribution is 2.27. The van der Waals surface area contributed by atoms with E-state index in [-0.39, 0.29) is 18.3 Å². The Morgan fingerprint density at radius 1 is 1.27 bits per heavy atom. The molecular weight excluding hydrogens is 302 g/mol. The third kappa shape index (κ3) is 3.63. The Kier molecular flexibility index (Phi) is 5.87. The zero-order valence-corrected chi connectivity index (χ0v) is 14.2. The van der Waals surface area contributed by atoms with E-state index in [0.717, 1.165) is 74.3 Å². The van der Waals surface area contributed by atoms with E-state index in [1.165, 1.54) is 0 Å². The van der Waals surface area contributed by atoms with Crippen molar-refractivity contribution in [2.45, 2.75) is 39.5 Å². The first kappa shape index (κ1) is 17.3. The second-order valence-electron chi connectivity index (χ2n) is 6.44. The number of rotatable bonds is 3. The quantitative estimate of drug-likeness (QED) is 0.923. The van der Waals surface area contributed by atoms with Crippen LogP contribution in [-0.4, -0.2) is 42.1 Å². The van der Waals surface area contributed by atoms with Crippen LogP contribution < -0.4 is 5.32 Å². The Labute approximate surface area is 138 Å². The predicted molar refractivity (Wildman–Crippen MR) is 87.2 cm³/mol. The van der Waals surface area contributed by atoms with Crippen molar-refractivity contribution < 1.29 is 9.32 Å². The Hall–Kier alpha value is -1.07. The molecule has 2 fully saturated rings. The molecule has 1 N–H and O–H groups in total. The minimum Gasteiger partial charge on any atom is -0.361 e. The summed E-state index contributed by atoms with van der Waals surface area (Å²) in [6, 6.07) is 0. The summed E-state index contributed by atoms with van der Waals surface area (Å²) in [7, 11) is 0. The van der Waals surface area contributed by atoms with Gasteiger partial charge in [0.05, 0.1) is 5.69 Å². The monoisotopic (exact) mass is 327 g/mol. The molecular formula is C16H26ClN3O2. The van der Waals surface area contributed by atoms with E-state index in [1.807, 2.05) is 13.8 Å². The molecule has 2 saturated heterocycles. The maximum absolute atomic E-state index is 12.4. The number of carbonyl (C=O) groups is 1. The summed E-state index contributed by atoms with van der Waals surface area (Å²) >= 11 is 0. The van der Waals surface area contributed by atoms with E-state index in [1.54, 1.807) is 0 Å². The van der Waals surface area contributed by atoms with Gasteiger partial charge in [-0.3, -0.25) is 4.79 Å². The third-order valence-corrected chi connectivity index (χ3v) is 5.14. The normalized spacial score (nSPS) is 24.5. The second kappa shape index (κ2) is 7.47. The Bertz CT molecular complexity index is 484. The molecule has 1 aromatic heterocycles. The average molecular weight is 328 g/mol. The van der Waals surface area contributed by atoms with Crippen molar-refractivity contribution in [1.29, 1.82) is 0 Å². The van der Waals surface area contributed by atoms with Crippen LogP contribution >= 0.6 is 12.4 Å². The zero-order chi connectivity index (χ0) is 14.8.